The summed E-state index contributed by atoms with van der Waals surface area (Å²) < 4.78 is 2.67. The van der Waals surface area contributed by atoms with Crippen LogP contribution in [0.15, 0.2) is 69.6 Å². The van der Waals surface area contributed by atoms with Gasteiger partial charge in [-0.25, -0.2) is 9.36 Å². The van der Waals surface area contributed by atoms with Crippen molar-refractivity contribution in [3.63, 3.8) is 0 Å². The Bertz CT molecular complexity index is 1360. The fraction of sp³-hybridized carbons (Fsp3) is 0.0500. The molecule has 4 aromatic rings. The van der Waals surface area contributed by atoms with E-state index in [0.717, 1.165) is 4.57 Å². The summed E-state index contributed by atoms with van der Waals surface area (Å²) in [5.74, 6) is -0.418. The zero-order chi connectivity index (χ0) is 20.5. The number of thiophene rings is 1. The molecule has 0 saturated carbocycles. The van der Waals surface area contributed by atoms with Gasteiger partial charge in [-0.1, -0.05) is 35.3 Å². The van der Waals surface area contributed by atoms with E-state index in [1.54, 1.807) is 53.9 Å². The molecule has 6 nitrogen and oxygen atoms in total. The van der Waals surface area contributed by atoms with Gasteiger partial charge in [0.25, 0.3) is 5.56 Å². The molecule has 0 spiro atoms. The first-order valence-electron chi connectivity index (χ1n) is 8.48. The Morgan fingerprint density at radius 3 is 2.45 bits per heavy atom. The number of anilines is 1. The molecule has 0 unspecified atom stereocenters. The highest BCUT2D eigenvalue weighted by Gasteiger charge is 2.17. The lowest BCUT2D eigenvalue weighted by Gasteiger charge is -2.13. The number of hydrogen-bond acceptors (Lipinski definition) is 4. The molecule has 29 heavy (non-hydrogen) atoms. The number of carbonyl (C=O) groups excluding carboxylic acids is 1. The van der Waals surface area contributed by atoms with E-state index in [0.29, 0.717) is 31.6 Å². The number of nitrogens with one attached hydrogen (secondary N) is 1. The molecular formula is C20H13Cl2N3O3S. The Kier molecular flexibility index (Phi) is 5.27. The van der Waals surface area contributed by atoms with Crippen molar-refractivity contribution >= 4 is 56.3 Å². The fourth-order valence-corrected chi connectivity index (χ4v) is 4.19. The van der Waals surface area contributed by atoms with E-state index in [-0.39, 0.29) is 6.54 Å². The summed E-state index contributed by atoms with van der Waals surface area (Å²) in [7, 11) is 0. The zero-order valence-corrected chi connectivity index (χ0v) is 17.1. The van der Waals surface area contributed by atoms with Gasteiger partial charge in [0.15, 0.2) is 0 Å². The van der Waals surface area contributed by atoms with Crippen molar-refractivity contribution in [2.75, 3.05) is 5.32 Å². The van der Waals surface area contributed by atoms with Crippen LogP contribution in [0.3, 0.4) is 0 Å². The highest BCUT2D eigenvalue weighted by atomic mass is 35.5. The predicted octanol–water partition coefficient (Wildman–Crippen LogP) is 4.16. The van der Waals surface area contributed by atoms with Crippen LogP contribution in [0, 0.1) is 0 Å². The average molecular weight is 446 g/mol. The smallest absolute Gasteiger partial charge is 0.324 e. The largest absolute Gasteiger partial charge is 0.336 e. The molecule has 0 fully saturated rings. The van der Waals surface area contributed by atoms with Gasteiger partial charge in [0.2, 0.25) is 5.91 Å². The third-order valence-corrected chi connectivity index (χ3v) is 5.59. The molecule has 146 valence electrons. The normalized spacial score (nSPS) is 11.0. The van der Waals surface area contributed by atoms with Crippen LogP contribution in [-0.4, -0.2) is 15.0 Å². The van der Waals surface area contributed by atoms with Gasteiger partial charge in [0.05, 0.1) is 11.2 Å². The third-order valence-electron chi connectivity index (χ3n) is 4.23. The number of carbonyl (C=O) groups is 1. The first-order valence-corrected chi connectivity index (χ1v) is 10.1. The minimum atomic E-state index is -0.621. The summed E-state index contributed by atoms with van der Waals surface area (Å²) in [5.41, 5.74) is 0.190. The van der Waals surface area contributed by atoms with Gasteiger partial charge in [0.1, 0.15) is 11.2 Å². The molecule has 9 heteroatoms. The van der Waals surface area contributed by atoms with Crippen molar-refractivity contribution in [3.8, 4) is 5.69 Å². The molecule has 0 atom stereocenters. The number of nitrogens with zero attached hydrogens (tertiary/aromatic N) is 2. The Hall–Kier alpha value is -2.87. The SMILES string of the molecule is O=C(Cn1c(=O)n(-c2cccc(Cl)c2)c(=O)c2sccc21)Nc1cccc(Cl)c1. The molecule has 0 bridgehead atoms. The van der Waals surface area contributed by atoms with Crippen molar-refractivity contribution in [1.29, 1.82) is 0 Å². The van der Waals surface area contributed by atoms with Crippen molar-refractivity contribution in [1.82, 2.24) is 9.13 Å². The molecule has 2 heterocycles. The molecule has 0 saturated heterocycles. The Morgan fingerprint density at radius 1 is 1.00 bits per heavy atom. The van der Waals surface area contributed by atoms with Crippen molar-refractivity contribution in [2.24, 2.45) is 0 Å². The highest BCUT2D eigenvalue weighted by molar-refractivity contribution is 7.17. The van der Waals surface area contributed by atoms with Crippen LogP contribution in [0.2, 0.25) is 10.0 Å². The summed E-state index contributed by atoms with van der Waals surface area (Å²) in [6, 6.07) is 14.8. The monoisotopic (exact) mass is 445 g/mol. The summed E-state index contributed by atoms with van der Waals surface area (Å²) in [5, 5.41) is 5.29. The minimum Gasteiger partial charge on any atom is -0.324 e. The van der Waals surface area contributed by atoms with Crippen molar-refractivity contribution < 1.29 is 4.79 Å². The Morgan fingerprint density at radius 2 is 1.72 bits per heavy atom. The van der Waals surface area contributed by atoms with Gasteiger partial charge in [0, 0.05) is 15.7 Å². The maximum Gasteiger partial charge on any atom is 0.336 e. The summed E-state index contributed by atoms with van der Waals surface area (Å²) in [6.45, 7) is -0.264. The number of halogens is 2. The number of fused-ring (bicyclic) bond motifs is 1. The van der Waals surface area contributed by atoms with Crippen LogP contribution in [0.5, 0.6) is 0 Å². The average Bonchev–Trinajstić information content (AvgIpc) is 3.15. The van der Waals surface area contributed by atoms with Gasteiger partial charge in [-0.2, -0.15) is 0 Å². The number of hydrogen-bond donors (Lipinski definition) is 1. The second kappa shape index (κ2) is 7.87. The van der Waals surface area contributed by atoms with Crippen molar-refractivity contribution in [2.45, 2.75) is 6.54 Å². The van der Waals surface area contributed by atoms with E-state index in [4.69, 9.17) is 23.2 Å². The molecule has 0 aliphatic carbocycles. The van der Waals surface area contributed by atoms with Crippen LogP contribution >= 0.6 is 34.5 Å². The molecule has 0 aliphatic heterocycles. The van der Waals surface area contributed by atoms with E-state index in [9.17, 15) is 14.4 Å². The van der Waals surface area contributed by atoms with E-state index in [2.05, 4.69) is 5.32 Å². The molecule has 1 amide bonds. The second-order valence-corrected chi connectivity index (χ2v) is 7.97. The summed E-state index contributed by atoms with van der Waals surface area (Å²) in [6.07, 6.45) is 0. The molecular weight excluding hydrogens is 433 g/mol. The first kappa shape index (κ1) is 19.4. The lowest BCUT2D eigenvalue weighted by Crippen LogP contribution is -2.40. The van der Waals surface area contributed by atoms with Gasteiger partial charge in [-0.3, -0.25) is 14.2 Å². The van der Waals surface area contributed by atoms with Crippen LogP contribution in [0.1, 0.15) is 0 Å². The van der Waals surface area contributed by atoms with Crippen molar-refractivity contribution in [3.05, 3.63) is 90.9 Å². The van der Waals surface area contributed by atoms with Gasteiger partial charge in [-0.15, -0.1) is 11.3 Å². The quantitative estimate of drug-likeness (QED) is 0.512. The topological polar surface area (TPSA) is 73.1 Å². The number of benzene rings is 2. The van der Waals surface area contributed by atoms with Crippen LogP contribution < -0.4 is 16.6 Å². The number of aromatic nitrogens is 2. The van der Waals surface area contributed by atoms with Crippen LogP contribution in [0.4, 0.5) is 5.69 Å². The molecule has 0 aliphatic rings. The van der Waals surface area contributed by atoms with Gasteiger partial charge in [-0.05, 0) is 47.8 Å². The summed E-state index contributed by atoms with van der Waals surface area (Å²) in [4.78, 5) is 38.6. The molecule has 2 aromatic heterocycles. The number of amides is 1. The second-order valence-electron chi connectivity index (χ2n) is 6.18. The van der Waals surface area contributed by atoms with E-state index < -0.39 is 17.2 Å². The fourth-order valence-electron chi connectivity index (χ4n) is 2.99. The highest BCUT2D eigenvalue weighted by Crippen LogP contribution is 2.19. The van der Waals surface area contributed by atoms with E-state index >= 15 is 0 Å². The maximum absolute atomic E-state index is 13.1. The van der Waals surface area contributed by atoms with Gasteiger partial charge < -0.3 is 5.32 Å². The lowest BCUT2D eigenvalue weighted by atomic mass is 10.3. The molecule has 1 N–H and O–H groups in total. The predicted molar refractivity (Wildman–Crippen MR) is 117 cm³/mol. The van der Waals surface area contributed by atoms with E-state index in [1.807, 2.05) is 0 Å². The Balaban J connectivity index is 1.80. The van der Waals surface area contributed by atoms with Gasteiger partial charge >= 0.3 is 5.69 Å². The third kappa shape index (κ3) is 3.85. The zero-order valence-electron chi connectivity index (χ0n) is 14.8. The maximum atomic E-state index is 13.1. The molecule has 2 aromatic carbocycles. The molecule has 4 rings (SSSR count). The number of rotatable bonds is 4. The summed E-state index contributed by atoms with van der Waals surface area (Å²) >= 11 is 13.2. The van der Waals surface area contributed by atoms with Crippen LogP contribution in [-0.2, 0) is 11.3 Å². The first-order chi connectivity index (χ1) is 13.9. The standard InChI is InChI=1S/C20H13Cl2N3O3S/c21-12-3-1-5-14(9-12)23-17(26)11-24-16-7-8-29-18(16)19(27)25(20(24)28)15-6-2-4-13(22)10-15/h1-10H,11H2,(H,23,26). The molecule has 0 radical (unpaired) electrons. The minimum absolute atomic E-state index is 0.264. The lowest BCUT2D eigenvalue weighted by molar-refractivity contribution is -0.116. The van der Waals surface area contributed by atoms with E-state index in [1.165, 1.54) is 22.0 Å². The Labute approximate surface area is 178 Å². The van der Waals surface area contributed by atoms with Crippen LogP contribution in [0.25, 0.3) is 15.9 Å².